The average Bonchev–Trinajstić information content (AvgIpc) is 2.75. The fraction of sp³-hybridized carbons (Fsp3) is 0.167. The molecule has 0 bridgehead atoms. The van der Waals surface area contributed by atoms with Crippen LogP contribution in [0, 0.1) is 11.6 Å². The maximum Gasteiger partial charge on any atom is 0.129 e. The summed E-state index contributed by atoms with van der Waals surface area (Å²) in [5, 5.41) is 3.58. The third-order valence-corrected chi connectivity index (χ3v) is 3.43. The molecule has 0 nitrogen and oxygen atoms in total. The van der Waals surface area contributed by atoms with Crippen LogP contribution in [-0.4, -0.2) is 0 Å². The molecule has 0 saturated heterocycles. The molecule has 1 unspecified atom stereocenters. The van der Waals surface area contributed by atoms with E-state index in [0.29, 0.717) is 12.0 Å². The van der Waals surface area contributed by atoms with Gasteiger partial charge in [-0.05, 0) is 40.4 Å². The second-order valence-electron chi connectivity index (χ2n) is 3.46. The summed E-state index contributed by atoms with van der Waals surface area (Å²) in [5.41, 5.74) is 1.41. The van der Waals surface area contributed by atoms with Gasteiger partial charge < -0.3 is 0 Å². The van der Waals surface area contributed by atoms with Gasteiger partial charge in [-0.3, -0.25) is 0 Å². The number of benzene rings is 1. The van der Waals surface area contributed by atoms with Gasteiger partial charge in [0.05, 0.1) is 5.38 Å². The molecule has 4 heteroatoms. The van der Waals surface area contributed by atoms with Crippen molar-refractivity contribution in [1.82, 2.24) is 0 Å². The van der Waals surface area contributed by atoms with Crippen LogP contribution in [0.2, 0.25) is 0 Å². The molecule has 0 saturated carbocycles. The van der Waals surface area contributed by atoms with Crippen molar-refractivity contribution in [3.63, 3.8) is 0 Å². The third-order valence-electron chi connectivity index (χ3n) is 2.32. The molecular formula is C12H9ClF2S. The summed E-state index contributed by atoms with van der Waals surface area (Å²) in [4.78, 5) is 0. The van der Waals surface area contributed by atoms with Crippen molar-refractivity contribution in [2.45, 2.75) is 11.8 Å². The lowest BCUT2D eigenvalue weighted by molar-refractivity contribution is 0.570. The summed E-state index contributed by atoms with van der Waals surface area (Å²) in [5.74, 6) is -1.11. The van der Waals surface area contributed by atoms with Crippen molar-refractivity contribution >= 4 is 22.9 Å². The standard InChI is InChI=1S/C12H9ClF2S/c13-11(9-3-4-16-7-9)5-8-1-2-10(14)6-12(8)15/h1-4,6-7,11H,5H2. The Morgan fingerprint density at radius 3 is 2.69 bits per heavy atom. The smallest absolute Gasteiger partial charge is 0.129 e. The van der Waals surface area contributed by atoms with E-state index in [9.17, 15) is 8.78 Å². The van der Waals surface area contributed by atoms with Crippen molar-refractivity contribution < 1.29 is 8.78 Å². The van der Waals surface area contributed by atoms with Gasteiger partial charge in [-0.25, -0.2) is 8.78 Å². The summed E-state index contributed by atoms with van der Waals surface area (Å²) in [6, 6.07) is 5.47. The van der Waals surface area contributed by atoms with E-state index >= 15 is 0 Å². The Balaban J connectivity index is 2.15. The van der Waals surface area contributed by atoms with E-state index in [-0.39, 0.29) is 5.38 Å². The molecule has 1 aromatic heterocycles. The predicted octanol–water partition coefficient (Wildman–Crippen LogP) is 4.55. The molecule has 1 heterocycles. The molecule has 2 rings (SSSR count). The summed E-state index contributed by atoms with van der Waals surface area (Å²) in [7, 11) is 0. The Labute approximate surface area is 101 Å². The molecule has 0 fully saturated rings. The van der Waals surface area contributed by atoms with Crippen LogP contribution in [0.1, 0.15) is 16.5 Å². The second-order valence-corrected chi connectivity index (χ2v) is 4.77. The van der Waals surface area contributed by atoms with Crippen molar-refractivity contribution in [2.24, 2.45) is 0 Å². The minimum Gasteiger partial charge on any atom is -0.207 e. The lowest BCUT2D eigenvalue weighted by atomic mass is 10.1. The number of hydrogen-bond donors (Lipinski definition) is 0. The largest absolute Gasteiger partial charge is 0.207 e. The minimum atomic E-state index is -0.567. The van der Waals surface area contributed by atoms with E-state index in [0.717, 1.165) is 11.6 Å². The Morgan fingerprint density at radius 2 is 2.06 bits per heavy atom. The van der Waals surface area contributed by atoms with Gasteiger partial charge in [-0.15, -0.1) is 11.6 Å². The SMILES string of the molecule is Fc1ccc(CC(Cl)c2ccsc2)c(F)c1. The highest BCUT2D eigenvalue weighted by Gasteiger charge is 2.12. The highest BCUT2D eigenvalue weighted by atomic mass is 35.5. The molecule has 0 N–H and O–H groups in total. The van der Waals surface area contributed by atoms with E-state index in [1.165, 1.54) is 12.1 Å². The minimum absolute atomic E-state index is 0.272. The summed E-state index contributed by atoms with van der Waals surface area (Å²) in [6.07, 6.45) is 0.365. The molecule has 2 aromatic rings. The van der Waals surface area contributed by atoms with E-state index in [1.54, 1.807) is 11.3 Å². The van der Waals surface area contributed by atoms with Gasteiger partial charge >= 0.3 is 0 Å². The second kappa shape index (κ2) is 4.93. The predicted molar refractivity (Wildman–Crippen MR) is 63.0 cm³/mol. The number of thiophene rings is 1. The molecule has 0 radical (unpaired) electrons. The molecule has 1 atom stereocenters. The monoisotopic (exact) mass is 258 g/mol. The van der Waals surface area contributed by atoms with Crippen LogP contribution < -0.4 is 0 Å². The molecule has 1 aromatic carbocycles. The van der Waals surface area contributed by atoms with Gasteiger partial charge in [-0.2, -0.15) is 11.3 Å². The van der Waals surface area contributed by atoms with Crippen LogP contribution in [0.4, 0.5) is 8.78 Å². The first-order valence-electron chi connectivity index (χ1n) is 4.77. The Bertz CT molecular complexity index is 468. The maximum absolute atomic E-state index is 13.4. The van der Waals surface area contributed by atoms with Crippen LogP contribution in [0.5, 0.6) is 0 Å². The fourth-order valence-electron chi connectivity index (χ4n) is 1.45. The Morgan fingerprint density at radius 1 is 1.25 bits per heavy atom. The maximum atomic E-state index is 13.4. The number of halogens is 3. The highest BCUT2D eigenvalue weighted by Crippen LogP contribution is 2.27. The van der Waals surface area contributed by atoms with E-state index < -0.39 is 11.6 Å². The average molecular weight is 259 g/mol. The third kappa shape index (κ3) is 2.60. The van der Waals surface area contributed by atoms with Gasteiger partial charge in [0, 0.05) is 6.07 Å². The number of alkyl halides is 1. The first kappa shape index (κ1) is 11.6. The molecule has 0 aliphatic rings. The van der Waals surface area contributed by atoms with E-state index in [4.69, 9.17) is 11.6 Å². The van der Waals surface area contributed by atoms with Crippen molar-refractivity contribution in [2.75, 3.05) is 0 Å². The number of hydrogen-bond acceptors (Lipinski definition) is 1. The first-order chi connectivity index (χ1) is 7.66. The summed E-state index contributed by atoms with van der Waals surface area (Å²) in [6.45, 7) is 0. The summed E-state index contributed by atoms with van der Waals surface area (Å²) < 4.78 is 26.0. The zero-order valence-electron chi connectivity index (χ0n) is 8.29. The van der Waals surface area contributed by atoms with Gasteiger partial charge in [0.1, 0.15) is 11.6 Å². The van der Waals surface area contributed by atoms with Gasteiger partial charge in [0.15, 0.2) is 0 Å². The molecule has 0 amide bonds. The van der Waals surface area contributed by atoms with Crippen LogP contribution in [0.3, 0.4) is 0 Å². The van der Waals surface area contributed by atoms with Gasteiger partial charge in [-0.1, -0.05) is 6.07 Å². The van der Waals surface area contributed by atoms with Gasteiger partial charge in [0.2, 0.25) is 0 Å². The van der Waals surface area contributed by atoms with Gasteiger partial charge in [0.25, 0.3) is 0 Å². The lowest BCUT2D eigenvalue weighted by Gasteiger charge is -2.08. The van der Waals surface area contributed by atoms with E-state index in [2.05, 4.69) is 0 Å². The van der Waals surface area contributed by atoms with Crippen LogP contribution in [0.15, 0.2) is 35.0 Å². The molecular weight excluding hydrogens is 250 g/mol. The topological polar surface area (TPSA) is 0 Å². The molecule has 16 heavy (non-hydrogen) atoms. The zero-order valence-corrected chi connectivity index (χ0v) is 9.86. The quantitative estimate of drug-likeness (QED) is 0.709. The molecule has 0 aliphatic heterocycles. The Kier molecular flexibility index (Phi) is 3.56. The zero-order chi connectivity index (χ0) is 11.5. The molecule has 0 spiro atoms. The first-order valence-corrected chi connectivity index (χ1v) is 6.15. The highest BCUT2D eigenvalue weighted by molar-refractivity contribution is 7.08. The van der Waals surface area contributed by atoms with Crippen LogP contribution in [-0.2, 0) is 6.42 Å². The van der Waals surface area contributed by atoms with Crippen molar-refractivity contribution in [3.8, 4) is 0 Å². The van der Waals surface area contributed by atoms with Crippen LogP contribution in [0.25, 0.3) is 0 Å². The van der Waals surface area contributed by atoms with Crippen molar-refractivity contribution in [1.29, 1.82) is 0 Å². The van der Waals surface area contributed by atoms with Crippen molar-refractivity contribution in [3.05, 3.63) is 57.8 Å². The molecule has 0 aliphatic carbocycles. The summed E-state index contributed by atoms with van der Waals surface area (Å²) >= 11 is 7.69. The normalized spacial score (nSPS) is 12.7. The molecule has 84 valence electrons. The Hall–Kier alpha value is -0.930. The van der Waals surface area contributed by atoms with E-state index in [1.807, 2.05) is 16.8 Å². The van der Waals surface area contributed by atoms with Crippen LogP contribution >= 0.6 is 22.9 Å². The lowest BCUT2D eigenvalue weighted by Crippen LogP contribution is -1.98. The number of rotatable bonds is 3. The fourth-order valence-corrected chi connectivity index (χ4v) is 2.54.